The molecule has 0 radical (unpaired) electrons. The van der Waals surface area contributed by atoms with E-state index in [9.17, 15) is 14.9 Å². The maximum atomic E-state index is 12.9. The average molecular weight is 409 g/mol. The number of hydrogen-bond donors (Lipinski definition) is 0. The minimum absolute atomic E-state index is 0.00452. The highest BCUT2D eigenvalue weighted by atomic mass is 32.1. The van der Waals surface area contributed by atoms with Crippen LogP contribution < -0.4 is 4.74 Å². The van der Waals surface area contributed by atoms with Gasteiger partial charge in [0, 0.05) is 36.2 Å². The summed E-state index contributed by atoms with van der Waals surface area (Å²) in [6.07, 6.45) is 1.63. The summed E-state index contributed by atoms with van der Waals surface area (Å²) in [5.74, 6) is 0.450. The van der Waals surface area contributed by atoms with Crippen LogP contribution in [0.5, 0.6) is 5.75 Å². The van der Waals surface area contributed by atoms with Crippen molar-refractivity contribution in [3.8, 4) is 5.75 Å². The maximum Gasteiger partial charge on any atom is 0.269 e. The van der Waals surface area contributed by atoms with E-state index in [1.807, 2.05) is 5.38 Å². The van der Waals surface area contributed by atoms with E-state index in [1.54, 1.807) is 52.9 Å². The van der Waals surface area contributed by atoms with Crippen LogP contribution in [0.15, 0.2) is 72.1 Å². The van der Waals surface area contributed by atoms with Gasteiger partial charge in [-0.25, -0.2) is 4.98 Å². The van der Waals surface area contributed by atoms with Crippen LogP contribution in [0.1, 0.15) is 21.6 Å². The SMILES string of the molecule is C=CCN(Cc1cccc([N+](=O)[O-])c1)C(=O)c1ccc(OCc2cscn2)cc1. The average Bonchev–Trinajstić information content (AvgIpc) is 3.26. The summed E-state index contributed by atoms with van der Waals surface area (Å²) < 4.78 is 5.66. The van der Waals surface area contributed by atoms with Crippen molar-refractivity contribution >= 4 is 22.9 Å². The van der Waals surface area contributed by atoms with Crippen LogP contribution >= 0.6 is 11.3 Å². The van der Waals surface area contributed by atoms with Gasteiger partial charge in [0.2, 0.25) is 0 Å². The van der Waals surface area contributed by atoms with Crippen LogP contribution in [0.4, 0.5) is 5.69 Å². The van der Waals surface area contributed by atoms with Crippen molar-refractivity contribution in [2.45, 2.75) is 13.2 Å². The van der Waals surface area contributed by atoms with E-state index in [1.165, 1.54) is 23.5 Å². The van der Waals surface area contributed by atoms with Crippen molar-refractivity contribution in [3.63, 3.8) is 0 Å². The zero-order chi connectivity index (χ0) is 20.6. The van der Waals surface area contributed by atoms with E-state index in [-0.39, 0.29) is 18.1 Å². The topological polar surface area (TPSA) is 85.6 Å². The molecule has 3 aromatic rings. The van der Waals surface area contributed by atoms with E-state index >= 15 is 0 Å². The van der Waals surface area contributed by atoms with Crippen LogP contribution in [0.2, 0.25) is 0 Å². The van der Waals surface area contributed by atoms with Crippen molar-refractivity contribution < 1.29 is 14.5 Å². The highest BCUT2D eigenvalue weighted by molar-refractivity contribution is 7.07. The van der Waals surface area contributed by atoms with Gasteiger partial charge >= 0.3 is 0 Å². The van der Waals surface area contributed by atoms with Crippen LogP contribution in [-0.4, -0.2) is 27.3 Å². The molecule has 0 spiro atoms. The lowest BCUT2D eigenvalue weighted by atomic mass is 10.1. The second-order valence-corrected chi connectivity index (χ2v) is 6.91. The Balaban J connectivity index is 1.68. The van der Waals surface area contributed by atoms with Crippen LogP contribution in [0.3, 0.4) is 0 Å². The number of carbonyl (C=O) groups excluding carboxylic acids is 1. The number of ether oxygens (including phenoxy) is 1. The molecule has 8 heteroatoms. The molecule has 0 aliphatic rings. The fourth-order valence-corrected chi connectivity index (χ4v) is 3.25. The summed E-state index contributed by atoms with van der Waals surface area (Å²) in [6.45, 7) is 4.63. The van der Waals surface area contributed by atoms with E-state index in [2.05, 4.69) is 11.6 Å². The Morgan fingerprint density at radius 2 is 2.07 bits per heavy atom. The molecule has 0 fully saturated rings. The minimum atomic E-state index is -0.451. The smallest absolute Gasteiger partial charge is 0.269 e. The summed E-state index contributed by atoms with van der Waals surface area (Å²) in [5.41, 5.74) is 3.77. The molecule has 1 amide bonds. The number of carbonyl (C=O) groups is 1. The molecular formula is C21H19N3O4S. The maximum absolute atomic E-state index is 12.9. The van der Waals surface area contributed by atoms with E-state index in [0.29, 0.717) is 30.0 Å². The largest absolute Gasteiger partial charge is 0.487 e. The Bertz CT molecular complexity index is 987. The van der Waals surface area contributed by atoms with E-state index < -0.39 is 4.92 Å². The van der Waals surface area contributed by atoms with Crippen molar-refractivity contribution in [1.29, 1.82) is 0 Å². The molecule has 1 aromatic heterocycles. The monoisotopic (exact) mass is 409 g/mol. The summed E-state index contributed by atoms with van der Waals surface area (Å²) in [5, 5.41) is 12.9. The number of amides is 1. The standard InChI is InChI=1S/C21H19N3O4S/c1-2-10-23(12-16-4-3-5-19(11-16)24(26)27)21(25)17-6-8-20(9-7-17)28-13-18-14-29-15-22-18/h2-9,11,14-15H,1,10,12-13H2. The van der Waals surface area contributed by atoms with Crippen molar-refractivity contribution in [2.75, 3.05) is 6.54 Å². The normalized spacial score (nSPS) is 10.3. The number of hydrogen-bond acceptors (Lipinski definition) is 6. The molecule has 0 aliphatic heterocycles. The summed E-state index contributed by atoms with van der Waals surface area (Å²) >= 11 is 1.51. The van der Waals surface area contributed by atoms with Crippen molar-refractivity contribution in [1.82, 2.24) is 9.88 Å². The Morgan fingerprint density at radius 3 is 2.72 bits per heavy atom. The highest BCUT2D eigenvalue weighted by Gasteiger charge is 2.16. The number of nitrogens with zero attached hydrogens (tertiary/aromatic N) is 3. The predicted octanol–water partition coefficient (Wildman–Crippen LogP) is 4.46. The quantitative estimate of drug-likeness (QED) is 0.296. The number of aromatic nitrogens is 1. The molecule has 148 valence electrons. The molecule has 2 aromatic carbocycles. The second-order valence-electron chi connectivity index (χ2n) is 6.19. The number of benzene rings is 2. The molecule has 1 heterocycles. The fourth-order valence-electron chi connectivity index (χ4n) is 2.71. The lowest BCUT2D eigenvalue weighted by Crippen LogP contribution is -2.30. The lowest BCUT2D eigenvalue weighted by Gasteiger charge is -2.21. The van der Waals surface area contributed by atoms with E-state index in [0.717, 1.165) is 5.69 Å². The Morgan fingerprint density at radius 1 is 1.28 bits per heavy atom. The lowest BCUT2D eigenvalue weighted by molar-refractivity contribution is -0.384. The molecule has 0 saturated carbocycles. The zero-order valence-electron chi connectivity index (χ0n) is 15.6. The molecular weight excluding hydrogens is 390 g/mol. The van der Waals surface area contributed by atoms with Crippen LogP contribution in [0.25, 0.3) is 0 Å². The Labute approximate surface area is 172 Å². The first-order valence-electron chi connectivity index (χ1n) is 8.80. The van der Waals surface area contributed by atoms with Gasteiger partial charge in [0.05, 0.1) is 16.1 Å². The number of non-ortho nitro benzene ring substituents is 1. The number of nitro groups is 1. The number of nitro benzene ring substituents is 1. The van der Waals surface area contributed by atoms with Gasteiger partial charge < -0.3 is 9.64 Å². The van der Waals surface area contributed by atoms with Gasteiger partial charge in [-0.05, 0) is 29.8 Å². The van der Waals surface area contributed by atoms with Gasteiger partial charge in [0.25, 0.3) is 11.6 Å². The third-order valence-electron chi connectivity index (χ3n) is 4.10. The molecule has 0 saturated heterocycles. The zero-order valence-corrected chi connectivity index (χ0v) is 16.4. The predicted molar refractivity (Wildman–Crippen MR) is 111 cm³/mol. The highest BCUT2D eigenvalue weighted by Crippen LogP contribution is 2.18. The molecule has 7 nitrogen and oxygen atoms in total. The first-order chi connectivity index (χ1) is 14.1. The molecule has 0 aliphatic carbocycles. The molecule has 0 bridgehead atoms. The van der Waals surface area contributed by atoms with Crippen molar-refractivity contribution in [2.24, 2.45) is 0 Å². The first kappa shape index (κ1) is 20.2. The third-order valence-corrected chi connectivity index (χ3v) is 4.74. The number of rotatable bonds is 9. The summed E-state index contributed by atoms with van der Waals surface area (Å²) in [4.78, 5) is 29.2. The Hall–Kier alpha value is -3.52. The van der Waals surface area contributed by atoms with Gasteiger partial charge in [-0.1, -0.05) is 18.2 Å². The second kappa shape index (κ2) is 9.61. The van der Waals surface area contributed by atoms with Crippen LogP contribution in [-0.2, 0) is 13.2 Å². The Kier molecular flexibility index (Phi) is 6.70. The van der Waals surface area contributed by atoms with Gasteiger partial charge in [-0.15, -0.1) is 17.9 Å². The van der Waals surface area contributed by atoms with E-state index in [4.69, 9.17) is 4.74 Å². The molecule has 0 N–H and O–H groups in total. The molecule has 0 atom stereocenters. The molecule has 29 heavy (non-hydrogen) atoms. The molecule has 3 rings (SSSR count). The summed E-state index contributed by atoms with van der Waals surface area (Å²) in [6, 6.07) is 13.1. The third kappa shape index (κ3) is 5.49. The van der Waals surface area contributed by atoms with Gasteiger partial charge in [0.15, 0.2) is 0 Å². The first-order valence-corrected chi connectivity index (χ1v) is 9.74. The minimum Gasteiger partial charge on any atom is -0.487 e. The summed E-state index contributed by atoms with van der Waals surface area (Å²) in [7, 11) is 0. The fraction of sp³-hybridized carbons (Fsp3) is 0.143. The van der Waals surface area contributed by atoms with Crippen molar-refractivity contribution in [3.05, 3.63) is 99.0 Å². The molecule has 0 unspecified atom stereocenters. The van der Waals surface area contributed by atoms with Gasteiger partial charge in [0.1, 0.15) is 12.4 Å². The van der Waals surface area contributed by atoms with Gasteiger partial charge in [-0.3, -0.25) is 14.9 Å². The number of thiazole rings is 1. The van der Waals surface area contributed by atoms with Crippen LogP contribution in [0, 0.1) is 10.1 Å². The van der Waals surface area contributed by atoms with Gasteiger partial charge in [-0.2, -0.15) is 0 Å².